The Bertz CT molecular complexity index is 202. The second-order valence-corrected chi connectivity index (χ2v) is 10.4. The highest BCUT2D eigenvalue weighted by Crippen LogP contribution is 2.48. The Balaban J connectivity index is 2.59. The van der Waals surface area contributed by atoms with Crippen LogP contribution >= 0.6 is 0 Å². The van der Waals surface area contributed by atoms with Crippen molar-refractivity contribution >= 4 is 8.32 Å². The third-order valence-electron chi connectivity index (χ3n) is 3.31. The van der Waals surface area contributed by atoms with Crippen LogP contribution in [0.3, 0.4) is 0 Å². The Morgan fingerprint density at radius 2 is 1.71 bits per heavy atom. The van der Waals surface area contributed by atoms with Crippen molar-refractivity contribution in [1.82, 2.24) is 0 Å². The maximum atomic E-state index is 6.26. The van der Waals surface area contributed by atoms with Crippen LogP contribution in [0.4, 0.5) is 0 Å². The molecule has 14 heavy (non-hydrogen) atoms. The van der Waals surface area contributed by atoms with Gasteiger partial charge in [-0.2, -0.15) is 0 Å². The molecule has 1 fully saturated rings. The molecule has 0 amide bonds. The predicted molar refractivity (Wildman–Crippen MR) is 61.9 cm³/mol. The summed E-state index contributed by atoms with van der Waals surface area (Å²) in [6, 6.07) is 0. The van der Waals surface area contributed by atoms with Gasteiger partial charge in [0.1, 0.15) is 0 Å². The van der Waals surface area contributed by atoms with E-state index < -0.39 is 8.32 Å². The lowest BCUT2D eigenvalue weighted by Gasteiger charge is -2.39. The van der Waals surface area contributed by atoms with Gasteiger partial charge in [-0.3, -0.25) is 0 Å². The molecule has 0 heterocycles. The number of rotatable bonds is 4. The molecule has 0 N–H and O–H groups in total. The van der Waals surface area contributed by atoms with Gasteiger partial charge in [0.25, 0.3) is 0 Å². The molecule has 0 spiro atoms. The molecule has 0 atom stereocenters. The first-order chi connectivity index (χ1) is 6.22. The van der Waals surface area contributed by atoms with Crippen molar-refractivity contribution < 1.29 is 9.16 Å². The van der Waals surface area contributed by atoms with Crippen LogP contribution in [0.2, 0.25) is 18.1 Å². The fraction of sp³-hybridized carbons (Fsp3) is 1.00. The highest BCUT2D eigenvalue weighted by atomic mass is 28.4. The van der Waals surface area contributed by atoms with Gasteiger partial charge in [-0.1, -0.05) is 20.8 Å². The Morgan fingerprint density at radius 1 is 1.21 bits per heavy atom. The summed E-state index contributed by atoms with van der Waals surface area (Å²) in [4.78, 5) is 0. The molecule has 2 nitrogen and oxygen atoms in total. The summed E-state index contributed by atoms with van der Waals surface area (Å²) in [6.45, 7) is 14.2. The van der Waals surface area contributed by atoms with Crippen LogP contribution in [-0.4, -0.2) is 20.7 Å². The van der Waals surface area contributed by atoms with Gasteiger partial charge in [-0.25, -0.2) is 0 Å². The monoisotopic (exact) mass is 216 g/mol. The highest BCUT2D eigenvalue weighted by Gasteiger charge is 2.52. The van der Waals surface area contributed by atoms with Crippen molar-refractivity contribution in [2.24, 2.45) is 0 Å². The van der Waals surface area contributed by atoms with Gasteiger partial charge in [0, 0.05) is 19.4 Å². The SMILES string of the molecule is CCOC1(O[Si](C)(C)C(C)(C)C)CC1. The molecule has 0 radical (unpaired) electrons. The standard InChI is InChI=1S/C11H24O2Si/c1-7-12-11(8-9-11)13-14(5,6)10(2,3)4/h7-9H2,1-6H3. The molecular weight excluding hydrogens is 192 g/mol. The Morgan fingerprint density at radius 3 is 2.00 bits per heavy atom. The Hall–Kier alpha value is 0.137. The van der Waals surface area contributed by atoms with Gasteiger partial charge < -0.3 is 9.16 Å². The van der Waals surface area contributed by atoms with E-state index in [0.717, 1.165) is 19.4 Å². The van der Waals surface area contributed by atoms with E-state index in [-0.39, 0.29) is 10.8 Å². The predicted octanol–water partition coefficient (Wildman–Crippen LogP) is 3.53. The summed E-state index contributed by atoms with van der Waals surface area (Å²) < 4.78 is 11.9. The Labute approximate surface area is 89.1 Å². The van der Waals surface area contributed by atoms with Crippen molar-refractivity contribution in [1.29, 1.82) is 0 Å². The summed E-state index contributed by atoms with van der Waals surface area (Å²) in [5.41, 5.74) is 0. The van der Waals surface area contributed by atoms with E-state index in [4.69, 9.17) is 9.16 Å². The lowest BCUT2D eigenvalue weighted by Crippen LogP contribution is -2.45. The molecule has 0 aromatic rings. The lowest BCUT2D eigenvalue weighted by molar-refractivity contribution is -0.109. The molecule has 0 bridgehead atoms. The summed E-state index contributed by atoms with van der Waals surface area (Å²) >= 11 is 0. The number of hydrogen-bond donors (Lipinski definition) is 0. The van der Waals surface area contributed by atoms with E-state index in [0.29, 0.717) is 0 Å². The first-order valence-corrected chi connectivity index (χ1v) is 8.47. The molecule has 1 rings (SSSR count). The molecule has 0 saturated heterocycles. The van der Waals surface area contributed by atoms with Gasteiger partial charge in [0.2, 0.25) is 0 Å². The van der Waals surface area contributed by atoms with E-state index in [1.807, 2.05) is 6.92 Å². The summed E-state index contributed by atoms with van der Waals surface area (Å²) in [6.07, 6.45) is 2.15. The smallest absolute Gasteiger partial charge is 0.195 e. The second-order valence-electron chi connectivity index (χ2n) is 5.71. The van der Waals surface area contributed by atoms with Gasteiger partial charge in [0.05, 0.1) is 0 Å². The molecule has 1 aliphatic rings. The van der Waals surface area contributed by atoms with Crippen LogP contribution in [-0.2, 0) is 9.16 Å². The van der Waals surface area contributed by atoms with Crippen molar-refractivity contribution in [3.8, 4) is 0 Å². The number of hydrogen-bond acceptors (Lipinski definition) is 2. The maximum absolute atomic E-state index is 6.26. The van der Waals surface area contributed by atoms with E-state index >= 15 is 0 Å². The first-order valence-electron chi connectivity index (χ1n) is 5.57. The van der Waals surface area contributed by atoms with Crippen molar-refractivity contribution in [2.45, 2.75) is 64.5 Å². The lowest BCUT2D eigenvalue weighted by atomic mass is 10.2. The van der Waals surface area contributed by atoms with Crippen molar-refractivity contribution in [2.75, 3.05) is 6.61 Å². The maximum Gasteiger partial charge on any atom is 0.195 e. The quantitative estimate of drug-likeness (QED) is 0.528. The van der Waals surface area contributed by atoms with Crippen LogP contribution in [0.1, 0.15) is 40.5 Å². The summed E-state index contributed by atoms with van der Waals surface area (Å²) in [5, 5.41) is 0.277. The van der Waals surface area contributed by atoms with Crippen LogP contribution in [0.15, 0.2) is 0 Å². The number of ether oxygens (including phenoxy) is 1. The van der Waals surface area contributed by atoms with Crippen molar-refractivity contribution in [3.63, 3.8) is 0 Å². The fourth-order valence-corrected chi connectivity index (χ4v) is 2.76. The zero-order valence-corrected chi connectivity index (χ0v) is 11.4. The average Bonchev–Trinajstić information content (AvgIpc) is 2.65. The fourth-order valence-electron chi connectivity index (χ4n) is 1.26. The third kappa shape index (κ3) is 2.58. The minimum atomic E-state index is -1.64. The molecule has 84 valence electrons. The molecule has 1 saturated carbocycles. The molecule has 0 aromatic heterocycles. The van der Waals surface area contributed by atoms with Gasteiger partial charge >= 0.3 is 0 Å². The zero-order valence-electron chi connectivity index (χ0n) is 10.4. The largest absolute Gasteiger partial charge is 0.390 e. The van der Waals surface area contributed by atoms with Gasteiger partial charge in [-0.15, -0.1) is 0 Å². The van der Waals surface area contributed by atoms with Crippen LogP contribution < -0.4 is 0 Å². The zero-order chi connectivity index (χ0) is 11.0. The van der Waals surface area contributed by atoms with Crippen LogP contribution in [0, 0.1) is 0 Å². The van der Waals surface area contributed by atoms with E-state index in [1.54, 1.807) is 0 Å². The summed E-state index contributed by atoms with van der Waals surface area (Å²) in [7, 11) is -1.64. The minimum Gasteiger partial charge on any atom is -0.390 e. The van der Waals surface area contributed by atoms with Gasteiger partial charge in [0.15, 0.2) is 14.1 Å². The van der Waals surface area contributed by atoms with E-state index in [1.165, 1.54) is 0 Å². The van der Waals surface area contributed by atoms with Crippen LogP contribution in [0.25, 0.3) is 0 Å². The van der Waals surface area contributed by atoms with Crippen molar-refractivity contribution in [3.05, 3.63) is 0 Å². The first kappa shape index (κ1) is 12.2. The Kier molecular flexibility index (Phi) is 3.15. The third-order valence-corrected chi connectivity index (χ3v) is 7.81. The molecule has 0 aliphatic heterocycles. The van der Waals surface area contributed by atoms with E-state index in [9.17, 15) is 0 Å². The molecule has 0 unspecified atom stereocenters. The van der Waals surface area contributed by atoms with Crippen LogP contribution in [0.5, 0.6) is 0 Å². The average molecular weight is 216 g/mol. The molecular formula is C11H24O2Si. The van der Waals surface area contributed by atoms with E-state index in [2.05, 4.69) is 33.9 Å². The molecule has 1 aliphatic carbocycles. The minimum absolute atomic E-state index is 0.197. The molecule has 3 heteroatoms. The topological polar surface area (TPSA) is 18.5 Å². The summed E-state index contributed by atoms with van der Waals surface area (Å²) in [5.74, 6) is -0.197. The normalized spacial score (nSPS) is 21.0. The van der Waals surface area contributed by atoms with Gasteiger partial charge in [-0.05, 0) is 25.1 Å². The highest BCUT2D eigenvalue weighted by molar-refractivity contribution is 6.74. The second kappa shape index (κ2) is 3.61. The molecule has 0 aromatic carbocycles.